The second-order valence-electron chi connectivity index (χ2n) is 5.82. The number of nitrogens with one attached hydrogen (secondary N) is 1. The van der Waals surface area contributed by atoms with Gasteiger partial charge < -0.3 is 30.1 Å². The largest absolute Gasteiger partial charge is 0.508 e. The van der Waals surface area contributed by atoms with Crippen LogP contribution in [0.15, 0.2) is 18.2 Å². The van der Waals surface area contributed by atoms with Gasteiger partial charge in [-0.15, -0.1) is 0 Å². The average Bonchev–Trinajstić information content (AvgIpc) is 2.42. The van der Waals surface area contributed by atoms with E-state index in [0.29, 0.717) is 5.56 Å². The lowest BCUT2D eigenvalue weighted by atomic mass is 10.0. The molecule has 1 amide bonds. The molecule has 2 atom stereocenters. The Morgan fingerprint density at radius 2 is 1.95 bits per heavy atom. The van der Waals surface area contributed by atoms with Gasteiger partial charge >= 0.3 is 6.09 Å². The number of aromatic hydroxyl groups is 1. The number of hydrogen-bond acceptors (Lipinski definition) is 6. The van der Waals surface area contributed by atoms with Crippen LogP contribution in [0, 0.1) is 0 Å². The fourth-order valence-corrected chi connectivity index (χ4v) is 1.77. The van der Waals surface area contributed by atoms with Gasteiger partial charge in [-0.2, -0.15) is 0 Å². The molecule has 124 valence electrons. The maximum atomic E-state index is 11.5. The minimum atomic E-state index is -1.29. The molecule has 0 aliphatic heterocycles. The molecule has 0 spiro atoms. The molecule has 4 N–H and O–H groups in total. The summed E-state index contributed by atoms with van der Waals surface area (Å²) in [4.78, 5) is 11.5. The van der Waals surface area contributed by atoms with Gasteiger partial charge in [-0.1, -0.05) is 0 Å². The number of methoxy groups -OCH3 is 1. The molecule has 0 fully saturated rings. The Labute approximate surface area is 129 Å². The lowest BCUT2D eigenvalue weighted by molar-refractivity contribution is 0.0119. The number of rotatable bonds is 5. The van der Waals surface area contributed by atoms with Crippen LogP contribution in [0.3, 0.4) is 0 Å². The first kappa shape index (κ1) is 18.1. The molecule has 0 aliphatic rings. The van der Waals surface area contributed by atoms with E-state index in [-0.39, 0.29) is 18.0 Å². The predicted molar refractivity (Wildman–Crippen MR) is 79.9 cm³/mol. The first-order chi connectivity index (χ1) is 10.1. The lowest BCUT2D eigenvalue weighted by Crippen LogP contribution is -2.38. The Bertz CT molecular complexity index is 511. The number of carbonyl (C=O) groups is 1. The lowest BCUT2D eigenvalue weighted by Gasteiger charge is -2.23. The smallest absolute Gasteiger partial charge is 0.407 e. The maximum absolute atomic E-state index is 11.5. The number of amides is 1. The number of alkyl carbamates (subject to hydrolysis) is 1. The third kappa shape index (κ3) is 5.42. The van der Waals surface area contributed by atoms with Gasteiger partial charge in [0.25, 0.3) is 0 Å². The molecule has 2 unspecified atom stereocenters. The summed E-state index contributed by atoms with van der Waals surface area (Å²) in [6, 6.07) is 4.14. The van der Waals surface area contributed by atoms with Crippen LogP contribution in [0.1, 0.15) is 32.4 Å². The van der Waals surface area contributed by atoms with Gasteiger partial charge in [0.1, 0.15) is 29.3 Å². The van der Waals surface area contributed by atoms with Crippen molar-refractivity contribution in [2.75, 3.05) is 13.7 Å². The summed E-state index contributed by atoms with van der Waals surface area (Å²) in [7, 11) is 1.39. The summed E-state index contributed by atoms with van der Waals surface area (Å²) < 4.78 is 10.1. The standard InChI is InChI=1S/C15H23NO6/c1-15(2,3)22-14(20)16-8-11(18)13(19)10-6-5-9(17)7-12(10)21-4/h5-7,11,13,17-19H,8H2,1-4H3,(H,16,20). The van der Waals surface area contributed by atoms with Crippen molar-refractivity contribution in [3.05, 3.63) is 23.8 Å². The van der Waals surface area contributed by atoms with Crippen LogP contribution in [0.2, 0.25) is 0 Å². The topological polar surface area (TPSA) is 108 Å². The van der Waals surface area contributed by atoms with Crippen LogP contribution in [0.25, 0.3) is 0 Å². The minimum Gasteiger partial charge on any atom is -0.508 e. The zero-order valence-electron chi connectivity index (χ0n) is 13.2. The fourth-order valence-electron chi connectivity index (χ4n) is 1.77. The Morgan fingerprint density at radius 3 is 2.50 bits per heavy atom. The van der Waals surface area contributed by atoms with E-state index in [4.69, 9.17) is 9.47 Å². The molecular weight excluding hydrogens is 290 g/mol. The van der Waals surface area contributed by atoms with Crippen LogP contribution in [0.5, 0.6) is 11.5 Å². The third-order valence-electron chi connectivity index (χ3n) is 2.75. The molecule has 1 aromatic carbocycles. The van der Waals surface area contributed by atoms with Crippen LogP contribution in [0.4, 0.5) is 4.79 Å². The van der Waals surface area contributed by atoms with E-state index in [1.807, 2.05) is 0 Å². The summed E-state index contributed by atoms with van der Waals surface area (Å²) in [6.45, 7) is 4.97. The monoisotopic (exact) mass is 313 g/mol. The zero-order chi connectivity index (χ0) is 16.9. The summed E-state index contributed by atoms with van der Waals surface area (Å²) in [5.74, 6) is 0.220. The molecule has 0 aromatic heterocycles. The SMILES string of the molecule is COc1cc(O)ccc1C(O)C(O)CNC(=O)OC(C)(C)C. The molecule has 0 saturated heterocycles. The molecule has 0 aliphatic carbocycles. The van der Waals surface area contributed by atoms with Crippen LogP contribution >= 0.6 is 0 Å². The Balaban J connectivity index is 2.66. The summed E-state index contributed by atoms with van der Waals surface area (Å²) in [5, 5.41) is 31.9. The summed E-state index contributed by atoms with van der Waals surface area (Å²) in [5.41, 5.74) is -0.341. The highest BCUT2D eigenvalue weighted by Gasteiger charge is 2.24. The van der Waals surface area contributed by atoms with Gasteiger partial charge in [0, 0.05) is 18.2 Å². The summed E-state index contributed by atoms with van der Waals surface area (Å²) >= 11 is 0. The molecular formula is C15H23NO6. The van der Waals surface area contributed by atoms with Gasteiger partial charge in [0.05, 0.1) is 7.11 Å². The van der Waals surface area contributed by atoms with Crippen molar-refractivity contribution < 1.29 is 29.6 Å². The number of hydrogen-bond donors (Lipinski definition) is 4. The van der Waals surface area contributed by atoms with Crippen molar-refractivity contribution in [3.63, 3.8) is 0 Å². The fraction of sp³-hybridized carbons (Fsp3) is 0.533. The molecule has 0 radical (unpaired) electrons. The van der Waals surface area contributed by atoms with E-state index >= 15 is 0 Å². The van der Waals surface area contributed by atoms with Gasteiger partial charge in [-0.05, 0) is 32.9 Å². The number of benzene rings is 1. The number of phenolic OH excluding ortho intramolecular Hbond substituents is 1. The predicted octanol–water partition coefficient (Wildman–Crippen LogP) is 1.32. The number of carbonyl (C=O) groups excluding carboxylic acids is 1. The number of aliphatic hydroxyl groups is 2. The van der Waals surface area contributed by atoms with Gasteiger partial charge in [-0.3, -0.25) is 0 Å². The van der Waals surface area contributed by atoms with E-state index in [1.54, 1.807) is 20.8 Å². The second-order valence-corrected chi connectivity index (χ2v) is 5.82. The van der Waals surface area contributed by atoms with Crippen molar-refractivity contribution in [1.82, 2.24) is 5.32 Å². The highest BCUT2D eigenvalue weighted by Crippen LogP contribution is 2.30. The molecule has 0 saturated carbocycles. The molecule has 7 heteroatoms. The molecule has 0 heterocycles. The number of aliphatic hydroxyl groups excluding tert-OH is 2. The average molecular weight is 313 g/mol. The van der Waals surface area contributed by atoms with Crippen LogP contribution in [-0.4, -0.2) is 46.8 Å². The van der Waals surface area contributed by atoms with Crippen LogP contribution < -0.4 is 10.1 Å². The van der Waals surface area contributed by atoms with E-state index in [0.717, 1.165) is 0 Å². The molecule has 1 rings (SSSR count). The van der Waals surface area contributed by atoms with Crippen molar-refractivity contribution in [1.29, 1.82) is 0 Å². The zero-order valence-corrected chi connectivity index (χ0v) is 13.2. The van der Waals surface area contributed by atoms with Gasteiger partial charge in [0.2, 0.25) is 0 Å². The Hall–Kier alpha value is -1.99. The van der Waals surface area contributed by atoms with Gasteiger partial charge in [0.15, 0.2) is 0 Å². The van der Waals surface area contributed by atoms with Crippen molar-refractivity contribution in [2.24, 2.45) is 0 Å². The maximum Gasteiger partial charge on any atom is 0.407 e. The van der Waals surface area contributed by atoms with E-state index in [9.17, 15) is 20.1 Å². The van der Waals surface area contributed by atoms with E-state index in [1.165, 1.54) is 25.3 Å². The first-order valence-corrected chi connectivity index (χ1v) is 6.84. The number of ether oxygens (including phenoxy) is 2. The normalized spacial score (nSPS) is 14.1. The highest BCUT2D eigenvalue weighted by atomic mass is 16.6. The second kappa shape index (κ2) is 7.33. The van der Waals surface area contributed by atoms with E-state index < -0.39 is 23.9 Å². The van der Waals surface area contributed by atoms with Gasteiger partial charge in [-0.25, -0.2) is 4.79 Å². The molecule has 1 aromatic rings. The first-order valence-electron chi connectivity index (χ1n) is 6.84. The Kier molecular flexibility index (Phi) is 6.01. The Morgan fingerprint density at radius 1 is 1.32 bits per heavy atom. The summed E-state index contributed by atoms with van der Waals surface area (Å²) in [6.07, 6.45) is -3.23. The molecule has 7 nitrogen and oxygen atoms in total. The van der Waals surface area contributed by atoms with Crippen molar-refractivity contribution in [3.8, 4) is 11.5 Å². The number of phenols is 1. The molecule has 22 heavy (non-hydrogen) atoms. The van der Waals surface area contributed by atoms with Crippen molar-refractivity contribution >= 4 is 6.09 Å². The van der Waals surface area contributed by atoms with Crippen LogP contribution in [-0.2, 0) is 4.74 Å². The van der Waals surface area contributed by atoms with Crippen molar-refractivity contribution in [2.45, 2.75) is 38.6 Å². The third-order valence-corrected chi connectivity index (χ3v) is 2.75. The molecule has 0 bridgehead atoms. The minimum absolute atomic E-state index is 0.0193. The van der Waals surface area contributed by atoms with E-state index in [2.05, 4.69) is 5.32 Å². The highest BCUT2D eigenvalue weighted by molar-refractivity contribution is 5.67. The quantitative estimate of drug-likeness (QED) is 0.653.